The van der Waals surface area contributed by atoms with E-state index in [1.165, 1.54) is 64.8 Å². The van der Waals surface area contributed by atoms with Crippen LogP contribution in [0.15, 0.2) is 187 Å². The zero-order valence-corrected chi connectivity index (χ0v) is 87.0. The molecule has 8 saturated carbocycles. The highest BCUT2D eigenvalue weighted by molar-refractivity contribution is 6.08. The van der Waals surface area contributed by atoms with E-state index in [1.807, 2.05) is 24.3 Å². The van der Waals surface area contributed by atoms with Gasteiger partial charge in [0.05, 0.1) is 45.2 Å². The smallest absolute Gasteiger partial charge is 0.322 e. The van der Waals surface area contributed by atoms with Crippen molar-refractivity contribution in [3.05, 3.63) is 215 Å². The van der Waals surface area contributed by atoms with E-state index in [-0.39, 0.29) is 104 Å². The minimum atomic E-state index is -0.664. The van der Waals surface area contributed by atoms with Gasteiger partial charge < -0.3 is 65.6 Å². The van der Waals surface area contributed by atoms with Crippen LogP contribution in [0.5, 0.6) is 0 Å². The van der Waals surface area contributed by atoms with Crippen molar-refractivity contribution in [3.63, 3.8) is 0 Å². The number of imide groups is 3. The molecule has 27 heteroatoms. The number of hydrogen-bond donors (Lipinski definition) is 10. The van der Waals surface area contributed by atoms with E-state index < -0.39 is 16.6 Å². The Labute approximate surface area is 855 Å². The molecule has 26 nitrogen and oxygen atoms in total. The third-order valence-corrected chi connectivity index (χ3v) is 34.0. The second kappa shape index (κ2) is 50.2. The number of benzene rings is 6. The number of halogens is 1. The molecule has 6 aromatic rings. The highest BCUT2D eigenvalue weighted by atomic mass is 35.5. The lowest BCUT2D eigenvalue weighted by molar-refractivity contribution is -0.187. The number of hydrogen-bond acceptors (Lipinski definition) is 18. The van der Waals surface area contributed by atoms with Crippen molar-refractivity contribution in [2.45, 2.75) is 378 Å². The fourth-order valence-electron chi connectivity index (χ4n) is 25.9. The van der Waals surface area contributed by atoms with Crippen LogP contribution in [0.1, 0.15) is 339 Å². The van der Waals surface area contributed by atoms with E-state index in [9.17, 15) is 43.2 Å². The van der Waals surface area contributed by atoms with Gasteiger partial charge in [0.2, 0.25) is 0 Å². The number of nitrogens with zero attached hydrogens (tertiary/aromatic N) is 1. The molecule has 0 unspecified atom stereocenters. The monoisotopic (exact) mass is 1980 g/mol. The molecule has 11 amide bonds. The summed E-state index contributed by atoms with van der Waals surface area (Å²) in [5.41, 5.74) is 8.55. The van der Waals surface area contributed by atoms with Crippen LogP contribution < -0.4 is 53.2 Å². The third-order valence-electron chi connectivity index (χ3n) is 34.0. The van der Waals surface area contributed by atoms with Gasteiger partial charge in [-0.2, -0.15) is 0 Å². The van der Waals surface area contributed by atoms with Gasteiger partial charge in [-0.05, 0) is 242 Å². The molecule has 7 aliphatic heterocycles. The third kappa shape index (κ3) is 26.7. The van der Waals surface area contributed by atoms with Gasteiger partial charge in [0, 0.05) is 94.1 Å². The van der Waals surface area contributed by atoms with Crippen molar-refractivity contribution < 1.29 is 71.6 Å². The summed E-state index contributed by atoms with van der Waals surface area (Å²) in [6, 6.07) is 63.0. The van der Waals surface area contributed by atoms with E-state index in [0.717, 1.165) is 258 Å². The summed E-state index contributed by atoms with van der Waals surface area (Å²) >= 11 is 0. The van der Waals surface area contributed by atoms with Gasteiger partial charge in [0.1, 0.15) is 28.2 Å². The summed E-state index contributed by atoms with van der Waals surface area (Å²) in [4.78, 5) is 109. The number of carbonyl (C=O) groups excluding carboxylic acids is 9. The molecule has 0 radical (unpaired) electrons. The molecule has 7 spiro atoms. The second-order valence-corrected chi connectivity index (χ2v) is 42.5. The minimum absolute atomic E-state index is 0. The van der Waals surface area contributed by atoms with Gasteiger partial charge in [0.25, 0.3) is 17.7 Å². The predicted octanol–water partition coefficient (Wildman–Crippen LogP) is 20.5. The molecule has 7 heterocycles. The first-order valence-corrected chi connectivity index (χ1v) is 53.9. The van der Waals surface area contributed by atoms with Crippen molar-refractivity contribution in [2.24, 2.45) is 4.99 Å². The van der Waals surface area contributed by atoms with Crippen LogP contribution in [-0.2, 0) is 85.1 Å². The summed E-state index contributed by atoms with van der Waals surface area (Å²) in [6.07, 6.45) is 38.0. The van der Waals surface area contributed by atoms with Crippen molar-refractivity contribution in [2.75, 3.05) is 65.8 Å². The summed E-state index contributed by atoms with van der Waals surface area (Å²) < 4.78 is 33.8. The van der Waals surface area contributed by atoms with Crippen LogP contribution in [0, 0.1) is 0 Å². The van der Waals surface area contributed by atoms with Gasteiger partial charge >= 0.3 is 24.1 Å². The van der Waals surface area contributed by atoms with Crippen LogP contribution in [-0.4, -0.2) is 164 Å². The maximum atomic E-state index is 12.1. The van der Waals surface area contributed by atoms with Crippen LogP contribution in [0.2, 0.25) is 0 Å². The number of rotatable bonds is 19. The molecule has 0 aromatic heterocycles. The molecule has 0 atom stereocenters. The van der Waals surface area contributed by atoms with E-state index in [4.69, 9.17) is 28.4 Å². The van der Waals surface area contributed by atoms with Gasteiger partial charge in [-0.1, -0.05) is 249 Å². The molecule has 7 saturated heterocycles. The van der Waals surface area contributed by atoms with E-state index >= 15 is 0 Å². The molecule has 21 rings (SSSR count). The van der Waals surface area contributed by atoms with Crippen molar-refractivity contribution in [1.82, 2.24) is 53.2 Å². The Bertz CT molecular complexity index is 4850. The zero-order valence-electron chi connectivity index (χ0n) is 86.2. The minimum Gasteiger partial charge on any atom is -0.348 e. The molecule has 10 N–H and O–H groups in total. The molecule has 8 aliphatic carbocycles. The Balaban J connectivity index is 0.000000138. The maximum absolute atomic E-state index is 12.1. The SMILES string of the molecule is CCCC1(c2ccccc2)CCC2(CC1)CNC(=O)N2.CCCC1(c2ccccc2)CCC2(CC1)NC(=O)NC2=O.CCCC1(c2ccccc2)CCC2(CC1)NC(=O)NC2=O.CCCC1(c2ccccc2)CCC2(CC1)NC(=O)NC2=O.CCN=C1CCC2(CC1)OCCO2.CCNC1(c2ccccc2)CCC(=O)CC1.CCNC1(c2ccccc2)CCC2(CC1)OCCO2.Cl.O=C1CCC2(CC1)OCCO2. The Kier molecular flexibility index (Phi) is 38.8. The normalized spacial score (nSPS) is 26.9. The highest BCUT2D eigenvalue weighted by Crippen LogP contribution is 2.53. The topological polar surface area (TPSA) is 342 Å². The maximum Gasteiger partial charge on any atom is 0.322 e. The van der Waals surface area contributed by atoms with Crippen LogP contribution in [0.4, 0.5) is 19.2 Å². The standard InChI is InChI=1S/3C17H22N2O2.C17H24N2O.C16H23NO2.C14H19NO.C10H17NO2.C8H12O3.ClH/c3*1-2-8-16(13-6-4-3-5-7-13)9-11-17(12-10-16)14(20)18-15(21)19-17;1-2-8-16(14-6-4-3-5-7-14)9-11-17(12-10-16)13-18-15(20)19-17;1-2-17-15(14-6-4-3-5-7-14)8-10-16(11-9-15)18-12-13-19-16;1-2-15-14(10-8-13(16)9-11-14)12-6-4-3-5-7-12;1-2-11-9-3-5-10(6-4-9)12-7-8-13-10;9-7-1-3-8(4-2-7)10-5-6-11-8;/h3*3-7H,2,8-12H2,1H3,(H2,18,19,20,21);3-7H,2,8-13H2,1H3,(H2,18,19,20);3-7,17H,2,8-13H2,1H3;3-7,15H,2,8-11H2,1H3;2-8H2,1H3;1-6H2;1H. The van der Waals surface area contributed by atoms with Crippen LogP contribution >= 0.6 is 12.4 Å². The Morgan fingerprint density at radius 1 is 0.280 bits per heavy atom. The van der Waals surface area contributed by atoms with Gasteiger partial charge in [-0.25, -0.2) is 19.2 Å². The number of nitrogens with one attached hydrogen (secondary N) is 10. The summed E-state index contributed by atoms with van der Waals surface area (Å²) in [7, 11) is 0. The highest BCUT2D eigenvalue weighted by Gasteiger charge is 2.57. The van der Waals surface area contributed by atoms with Crippen LogP contribution in [0.25, 0.3) is 0 Å². The van der Waals surface area contributed by atoms with Crippen molar-refractivity contribution >= 4 is 71.5 Å². The molecule has 15 aliphatic rings. The second-order valence-electron chi connectivity index (χ2n) is 42.5. The van der Waals surface area contributed by atoms with Gasteiger partial charge in [-0.3, -0.25) is 44.9 Å². The number of aliphatic imine (C=N–C) groups is 1. The van der Waals surface area contributed by atoms with Crippen LogP contribution in [0.3, 0.4) is 0 Å². The molecule has 143 heavy (non-hydrogen) atoms. The number of carbonyl (C=O) groups is 9. The largest absolute Gasteiger partial charge is 0.348 e. The molecule has 6 aromatic carbocycles. The predicted molar refractivity (Wildman–Crippen MR) is 560 cm³/mol. The van der Waals surface area contributed by atoms with Crippen molar-refractivity contribution in [3.8, 4) is 0 Å². The number of amides is 11. The molecule has 15 fully saturated rings. The molecular weight excluding hydrogens is 1820 g/mol. The average Bonchev–Trinajstić information content (AvgIpc) is 1.67. The van der Waals surface area contributed by atoms with Gasteiger partial charge in [0.15, 0.2) is 17.4 Å². The first kappa shape index (κ1) is 111. The fourth-order valence-corrected chi connectivity index (χ4v) is 25.9. The Morgan fingerprint density at radius 2 is 0.538 bits per heavy atom. The first-order chi connectivity index (χ1) is 68.7. The average molecular weight is 1990 g/mol. The number of ether oxygens (including phenoxy) is 6. The summed E-state index contributed by atoms with van der Waals surface area (Å²) in [5.74, 6) is -0.574. The van der Waals surface area contributed by atoms with Gasteiger partial charge in [-0.15, -0.1) is 12.4 Å². The fraction of sp³-hybridized carbons (Fsp3) is 0.603. The summed E-state index contributed by atoms with van der Waals surface area (Å²) in [6.45, 7) is 23.3. The van der Waals surface area contributed by atoms with E-state index in [0.29, 0.717) is 55.9 Å². The summed E-state index contributed by atoms with van der Waals surface area (Å²) in [5, 5.41) is 29.1. The quantitative estimate of drug-likeness (QED) is 0.0337. The number of ketones is 2. The lowest BCUT2D eigenvalue weighted by Crippen LogP contribution is -2.52. The molecule has 778 valence electrons. The van der Waals surface area contributed by atoms with Crippen molar-refractivity contribution in [1.29, 1.82) is 0 Å². The number of Topliss-reactive ketones (excluding diaryl/α,β-unsaturated/α-hetero) is 2. The Morgan fingerprint density at radius 3 is 0.790 bits per heavy atom. The first-order valence-electron chi connectivity index (χ1n) is 53.9. The lowest BCUT2D eigenvalue weighted by atomic mass is 9.62. The lowest BCUT2D eigenvalue weighted by Gasteiger charge is -2.45. The molecule has 0 bridgehead atoms. The van der Waals surface area contributed by atoms with E-state index in [2.05, 4.69) is 264 Å². The van der Waals surface area contributed by atoms with E-state index in [1.54, 1.807) is 0 Å². The molecular formula is C116H162ClN11O15. The zero-order chi connectivity index (χ0) is 100. The Hall–Kier alpha value is -9.61. The number of urea groups is 4.